The van der Waals surface area contributed by atoms with Crippen molar-refractivity contribution in [2.75, 3.05) is 11.6 Å². The molecule has 1 fully saturated rings. The van der Waals surface area contributed by atoms with Crippen LogP contribution in [0, 0.1) is 11.7 Å². The first-order chi connectivity index (χ1) is 13.0. The molecule has 0 saturated heterocycles. The zero-order valence-electron chi connectivity index (χ0n) is 14.9. The quantitative estimate of drug-likeness (QED) is 0.477. The molecular formula is C21H22ClFN2O2. The Balaban J connectivity index is 1.71. The number of anilines is 1. The second-order valence-corrected chi connectivity index (χ2v) is 7.24. The van der Waals surface area contributed by atoms with Gasteiger partial charge in [0.15, 0.2) is 0 Å². The van der Waals surface area contributed by atoms with Crippen LogP contribution in [-0.4, -0.2) is 23.3 Å². The minimum Gasteiger partial charge on any atom is -0.477 e. The normalized spacial score (nSPS) is 14.2. The summed E-state index contributed by atoms with van der Waals surface area (Å²) in [6, 6.07) is 13.8. The topological polar surface area (TPSA) is 52.9 Å². The lowest BCUT2D eigenvalue weighted by molar-refractivity contribution is -0.129. The van der Waals surface area contributed by atoms with Gasteiger partial charge in [-0.15, -0.1) is 0 Å². The molecule has 1 N–H and O–H groups in total. The third kappa shape index (κ3) is 5.79. The lowest BCUT2D eigenvalue weighted by Gasteiger charge is -2.20. The van der Waals surface area contributed by atoms with Gasteiger partial charge < -0.3 is 5.11 Å². The number of aryl methyl sites for hydroxylation is 1. The van der Waals surface area contributed by atoms with E-state index in [1.807, 2.05) is 12.1 Å². The summed E-state index contributed by atoms with van der Waals surface area (Å²) in [4.78, 5) is 11.7. The predicted octanol–water partition coefficient (Wildman–Crippen LogP) is 5.16. The number of rotatable bonds is 9. The molecule has 0 aliphatic heterocycles. The van der Waals surface area contributed by atoms with Crippen molar-refractivity contribution in [3.05, 3.63) is 64.9 Å². The van der Waals surface area contributed by atoms with Crippen LogP contribution in [0.25, 0.3) is 0 Å². The first-order valence-corrected chi connectivity index (χ1v) is 9.48. The number of benzene rings is 2. The molecule has 27 heavy (non-hydrogen) atoms. The summed E-state index contributed by atoms with van der Waals surface area (Å²) in [7, 11) is 0. The van der Waals surface area contributed by atoms with Crippen molar-refractivity contribution in [2.45, 2.75) is 32.1 Å². The Hall–Kier alpha value is -2.40. The number of nitrogens with zero attached hydrogens (tertiary/aromatic N) is 2. The van der Waals surface area contributed by atoms with Gasteiger partial charge >= 0.3 is 5.97 Å². The molecule has 1 aliphatic rings. The van der Waals surface area contributed by atoms with Crippen LogP contribution in [0.3, 0.4) is 0 Å². The summed E-state index contributed by atoms with van der Waals surface area (Å²) >= 11 is 5.95. The van der Waals surface area contributed by atoms with Crippen molar-refractivity contribution in [2.24, 2.45) is 11.0 Å². The van der Waals surface area contributed by atoms with E-state index < -0.39 is 5.97 Å². The molecule has 4 nitrogen and oxygen atoms in total. The van der Waals surface area contributed by atoms with Gasteiger partial charge in [0.1, 0.15) is 11.5 Å². The fourth-order valence-electron chi connectivity index (χ4n) is 2.85. The highest BCUT2D eigenvalue weighted by Gasteiger charge is 2.25. The molecule has 2 aromatic rings. The highest BCUT2D eigenvalue weighted by Crippen LogP contribution is 2.32. The first kappa shape index (κ1) is 19.4. The van der Waals surface area contributed by atoms with E-state index in [9.17, 15) is 14.3 Å². The molecular weight excluding hydrogens is 367 g/mol. The Morgan fingerprint density at radius 2 is 1.89 bits per heavy atom. The molecule has 0 bridgehead atoms. The minimum atomic E-state index is -1.04. The number of aliphatic carboxylic acids is 1. The zero-order valence-corrected chi connectivity index (χ0v) is 15.7. The molecule has 0 atom stereocenters. The minimum absolute atomic E-state index is 0.0851. The Labute approximate surface area is 163 Å². The lowest BCUT2D eigenvalue weighted by atomic mass is 10.1. The van der Waals surface area contributed by atoms with Crippen molar-refractivity contribution < 1.29 is 14.3 Å². The summed E-state index contributed by atoms with van der Waals surface area (Å²) in [6.07, 6.45) is 3.54. The van der Waals surface area contributed by atoms with Crippen LogP contribution in [0.5, 0.6) is 0 Å². The Morgan fingerprint density at radius 1 is 1.19 bits per heavy atom. The highest BCUT2D eigenvalue weighted by atomic mass is 35.5. The molecule has 0 radical (unpaired) electrons. The fraction of sp³-hybridized carbons (Fsp3) is 0.333. The molecule has 1 aliphatic carbocycles. The standard InChI is InChI=1S/C21H22ClFN2O2/c22-17-10-12-18(13-11-17)25(14-15-8-9-15)24-20(21(26)27)7-3-5-16-4-1-2-6-19(16)23/h1-2,4,6,10-13,15H,3,5,7-9,14H2,(H,26,27). The number of carbonyl (C=O) groups is 1. The van der Waals surface area contributed by atoms with Crippen LogP contribution in [0.2, 0.25) is 5.02 Å². The highest BCUT2D eigenvalue weighted by molar-refractivity contribution is 6.35. The van der Waals surface area contributed by atoms with Crippen LogP contribution in [0.15, 0.2) is 53.6 Å². The fourth-order valence-corrected chi connectivity index (χ4v) is 2.98. The summed E-state index contributed by atoms with van der Waals surface area (Å²) in [5.74, 6) is -0.765. The molecule has 3 rings (SSSR count). The number of halogens is 2. The number of carboxylic acid groups (broad SMARTS) is 1. The molecule has 0 unspecified atom stereocenters. The zero-order chi connectivity index (χ0) is 19.2. The van der Waals surface area contributed by atoms with Gasteiger partial charge in [0, 0.05) is 11.6 Å². The van der Waals surface area contributed by atoms with Crippen LogP contribution >= 0.6 is 11.6 Å². The van der Waals surface area contributed by atoms with Gasteiger partial charge in [-0.05, 0) is 73.9 Å². The van der Waals surface area contributed by atoms with Gasteiger partial charge in [-0.2, -0.15) is 5.10 Å². The van der Waals surface area contributed by atoms with Gasteiger partial charge in [0.25, 0.3) is 0 Å². The SMILES string of the molecule is O=C(O)C(CCCc1ccccc1F)=NN(CC1CC1)c1ccc(Cl)cc1. The van der Waals surface area contributed by atoms with E-state index in [4.69, 9.17) is 11.6 Å². The lowest BCUT2D eigenvalue weighted by Crippen LogP contribution is -2.25. The van der Waals surface area contributed by atoms with Crippen LogP contribution in [-0.2, 0) is 11.2 Å². The van der Waals surface area contributed by atoms with E-state index >= 15 is 0 Å². The van der Waals surface area contributed by atoms with E-state index in [-0.39, 0.29) is 17.9 Å². The van der Waals surface area contributed by atoms with Gasteiger partial charge in [0.05, 0.1) is 5.69 Å². The Kier molecular flexibility index (Phi) is 6.45. The van der Waals surface area contributed by atoms with Crippen LogP contribution < -0.4 is 5.01 Å². The molecule has 142 valence electrons. The molecule has 2 aromatic carbocycles. The van der Waals surface area contributed by atoms with E-state index in [1.54, 1.807) is 35.3 Å². The van der Waals surface area contributed by atoms with E-state index in [0.29, 0.717) is 35.9 Å². The summed E-state index contributed by atoms with van der Waals surface area (Å²) in [5, 5.41) is 16.4. The molecule has 0 spiro atoms. The monoisotopic (exact) mass is 388 g/mol. The van der Waals surface area contributed by atoms with E-state index in [2.05, 4.69) is 5.10 Å². The first-order valence-electron chi connectivity index (χ1n) is 9.10. The van der Waals surface area contributed by atoms with Crippen molar-refractivity contribution in [3.8, 4) is 0 Å². The number of hydrazone groups is 1. The van der Waals surface area contributed by atoms with Crippen molar-refractivity contribution in [3.63, 3.8) is 0 Å². The van der Waals surface area contributed by atoms with Crippen molar-refractivity contribution >= 4 is 29.0 Å². The van der Waals surface area contributed by atoms with E-state index in [0.717, 1.165) is 18.5 Å². The summed E-state index contributed by atoms with van der Waals surface area (Å²) in [6.45, 7) is 0.686. The summed E-state index contributed by atoms with van der Waals surface area (Å²) in [5.41, 5.74) is 1.50. The van der Waals surface area contributed by atoms with Gasteiger partial charge in [-0.1, -0.05) is 29.8 Å². The largest absolute Gasteiger partial charge is 0.477 e. The number of hydrogen-bond acceptors (Lipinski definition) is 3. The second-order valence-electron chi connectivity index (χ2n) is 6.80. The third-order valence-corrected chi connectivity index (χ3v) is 4.81. The van der Waals surface area contributed by atoms with Gasteiger partial charge in [-0.25, -0.2) is 9.18 Å². The summed E-state index contributed by atoms with van der Waals surface area (Å²) < 4.78 is 13.7. The van der Waals surface area contributed by atoms with Crippen molar-refractivity contribution in [1.29, 1.82) is 0 Å². The molecule has 1 saturated carbocycles. The molecule has 0 aromatic heterocycles. The third-order valence-electron chi connectivity index (χ3n) is 4.56. The Bertz CT molecular complexity index is 819. The maximum absolute atomic E-state index is 13.7. The maximum Gasteiger partial charge on any atom is 0.352 e. The van der Waals surface area contributed by atoms with Gasteiger partial charge in [-0.3, -0.25) is 5.01 Å². The van der Waals surface area contributed by atoms with Crippen LogP contribution in [0.1, 0.15) is 31.2 Å². The van der Waals surface area contributed by atoms with Gasteiger partial charge in [0.2, 0.25) is 0 Å². The smallest absolute Gasteiger partial charge is 0.352 e. The molecule has 0 heterocycles. The molecule has 0 amide bonds. The predicted molar refractivity (Wildman–Crippen MR) is 106 cm³/mol. The van der Waals surface area contributed by atoms with Crippen molar-refractivity contribution in [1.82, 2.24) is 0 Å². The number of hydrogen-bond donors (Lipinski definition) is 1. The van der Waals surface area contributed by atoms with Crippen LogP contribution in [0.4, 0.5) is 10.1 Å². The van der Waals surface area contributed by atoms with E-state index in [1.165, 1.54) is 6.07 Å². The average molecular weight is 389 g/mol. The average Bonchev–Trinajstić information content (AvgIpc) is 3.46. The number of carboxylic acids is 1. The molecule has 6 heteroatoms. The maximum atomic E-state index is 13.7. The second kappa shape index (κ2) is 9.00. The Morgan fingerprint density at radius 3 is 2.52 bits per heavy atom.